The fourth-order valence-corrected chi connectivity index (χ4v) is 2.21. The summed E-state index contributed by atoms with van der Waals surface area (Å²) in [5.74, 6) is -0.310. The highest BCUT2D eigenvalue weighted by Gasteiger charge is 2.14. The van der Waals surface area contributed by atoms with Crippen molar-refractivity contribution in [1.29, 1.82) is 0 Å². The highest BCUT2D eigenvalue weighted by atomic mass is 35.5. The lowest BCUT2D eigenvalue weighted by atomic mass is 10.2. The molecule has 106 valence electrons. The predicted octanol–water partition coefficient (Wildman–Crippen LogP) is 2.78. The molecule has 0 atom stereocenters. The van der Waals surface area contributed by atoms with Crippen LogP contribution in [0.5, 0.6) is 0 Å². The van der Waals surface area contributed by atoms with Gasteiger partial charge in [-0.15, -0.1) is 24.0 Å². The number of nitrogens with one attached hydrogen (secondary N) is 1. The molecule has 0 unspecified atom stereocenters. The summed E-state index contributed by atoms with van der Waals surface area (Å²) in [6.45, 7) is 3.07. The van der Waals surface area contributed by atoms with Gasteiger partial charge in [0.15, 0.2) is 0 Å². The Labute approximate surface area is 128 Å². The highest BCUT2D eigenvalue weighted by molar-refractivity contribution is 6.33. The van der Waals surface area contributed by atoms with Crippen LogP contribution in [0.4, 0.5) is 11.4 Å². The molecule has 7 heteroatoms. The first-order valence-corrected chi connectivity index (χ1v) is 6.60. The van der Waals surface area contributed by atoms with Crippen LogP contribution in [-0.2, 0) is 9.53 Å². The molecule has 1 heterocycles. The third kappa shape index (κ3) is 4.42. The van der Waals surface area contributed by atoms with Crippen molar-refractivity contribution < 1.29 is 9.53 Å². The summed E-state index contributed by atoms with van der Waals surface area (Å²) in [4.78, 5) is 13.3. The Morgan fingerprint density at radius 3 is 2.63 bits per heavy atom. The Bertz CT molecular complexity index is 437. The van der Waals surface area contributed by atoms with Gasteiger partial charge in [-0.1, -0.05) is 11.6 Å². The second-order valence-electron chi connectivity index (χ2n) is 3.95. The molecule has 0 aromatic heterocycles. The smallest absolute Gasteiger partial charge is 0.239 e. The van der Waals surface area contributed by atoms with Crippen molar-refractivity contribution >= 4 is 52.9 Å². The van der Waals surface area contributed by atoms with Crippen LogP contribution in [0.1, 0.15) is 0 Å². The SMILES string of the molecule is Cl.O=C(CCl)Nc1ccc(N2CCOCC2)c(Cl)c1. The molecular weight excluding hydrogens is 311 g/mol. The van der Waals surface area contributed by atoms with Crippen LogP contribution in [0, 0.1) is 0 Å². The second kappa shape index (κ2) is 7.80. The van der Waals surface area contributed by atoms with Gasteiger partial charge in [0, 0.05) is 18.8 Å². The normalized spacial score (nSPS) is 14.7. The largest absolute Gasteiger partial charge is 0.378 e. The summed E-state index contributed by atoms with van der Waals surface area (Å²) in [6.07, 6.45) is 0. The molecule has 0 aliphatic carbocycles. The van der Waals surface area contributed by atoms with Crippen molar-refractivity contribution in [2.45, 2.75) is 0 Å². The predicted molar refractivity (Wildman–Crippen MR) is 81.1 cm³/mol. The number of morpholine rings is 1. The number of alkyl halides is 1. The maximum Gasteiger partial charge on any atom is 0.239 e. The van der Waals surface area contributed by atoms with E-state index in [9.17, 15) is 4.79 Å². The summed E-state index contributed by atoms with van der Waals surface area (Å²) in [5.41, 5.74) is 1.62. The van der Waals surface area contributed by atoms with Crippen LogP contribution < -0.4 is 10.2 Å². The van der Waals surface area contributed by atoms with E-state index in [-0.39, 0.29) is 24.2 Å². The van der Waals surface area contributed by atoms with Gasteiger partial charge in [0.2, 0.25) is 5.91 Å². The van der Waals surface area contributed by atoms with E-state index < -0.39 is 0 Å². The van der Waals surface area contributed by atoms with Gasteiger partial charge in [0.05, 0.1) is 23.9 Å². The Morgan fingerprint density at radius 1 is 1.37 bits per heavy atom. The monoisotopic (exact) mass is 324 g/mol. The van der Waals surface area contributed by atoms with E-state index in [1.54, 1.807) is 6.07 Å². The molecule has 2 rings (SSSR count). The van der Waals surface area contributed by atoms with Gasteiger partial charge >= 0.3 is 0 Å². The lowest BCUT2D eigenvalue weighted by Gasteiger charge is -2.29. The molecule has 1 N–H and O–H groups in total. The van der Waals surface area contributed by atoms with Gasteiger partial charge in [-0.05, 0) is 18.2 Å². The number of ether oxygens (including phenoxy) is 1. The third-order valence-electron chi connectivity index (χ3n) is 2.70. The number of carbonyl (C=O) groups is 1. The molecule has 19 heavy (non-hydrogen) atoms. The third-order valence-corrected chi connectivity index (χ3v) is 3.25. The standard InChI is InChI=1S/C12H14Cl2N2O2.ClH/c13-8-12(17)15-9-1-2-11(10(14)7-9)16-3-5-18-6-4-16;/h1-2,7H,3-6,8H2,(H,15,17);1H. The highest BCUT2D eigenvalue weighted by Crippen LogP contribution is 2.29. The quantitative estimate of drug-likeness (QED) is 0.869. The number of hydrogen-bond acceptors (Lipinski definition) is 3. The Kier molecular flexibility index (Phi) is 6.72. The maximum absolute atomic E-state index is 11.2. The molecule has 1 saturated heterocycles. The van der Waals surface area contributed by atoms with Crippen molar-refractivity contribution in [2.24, 2.45) is 0 Å². The van der Waals surface area contributed by atoms with Crippen LogP contribution in [0.15, 0.2) is 18.2 Å². The summed E-state index contributed by atoms with van der Waals surface area (Å²) in [5, 5.41) is 3.28. The Morgan fingerprint density at radius 2 is 2.05 bits per heavy atom. The Balaban J connectivity index is 0.00000180. The van der Waals surface area contributed by atoms with Crippen molar-refractivity contribution in [1.82, 2.24) is 0 Å². The number of rotatable bonds is 3. The summed E-state index contributed by atoms with van der Waals surface area (Å²) in [6, 6.07) is 5.45. The van der Waals surface area contributed by atoms with Crippen molar-refractivity contribution in [2.75, 3.05) is 42.4 Å². The summed E-state index contributed by atoms with van der Waals surface area (Å²) in [7, 11) is 0. The van der Waals surface area contributed by atoms with Crippen LogP contribution in [0.3, 0.4) is 0 Å². The zero-order valence-corrected chi connectivity index (χ0v) is 12.5. The van der Waals surface area contributed by atoms with Crippen LogP contribution in [0.2, 0.25) is 5.02 Å². The Hall–Kier alpha value is -0.680. The first-order valence-electron chi connectivity index (χ1n) is 5.69. The molecule has 0 spiro atoms. The number of carbonyl (C=O) groups excluding carboxylic acids is 1. The molecule has 1 aromatic rings. The van der Waals surface area contributed by atoms with Gasteiger partial charge in [0.1, 0.15) is 5.88 Å². The minimum atomic E-state index is -0.244. The lowest BCUT2D eigenvalue weighted by Crippen LogP contribution is -2.36. The fraction of sp³-hybridized carbons (Fsp3) is 0.417. The van der Waals surface area contributed by atoms with E-state index in [0.717, 1.165) is 18.8 Å². The van der Waals surface area contributed by atoms with Gasteiger partial charge < -0.3 is 15.0 Å². The second-order valence-corrected chi connectivity index (χ2v) is 4.62. The van der Waals surface area contributed by atoms with Crippen LogP contribution in [-0.4, -0.2) is 38.1 Å². The molecule has 1 fully saturated rings. The average molecular weight is 326 g/mol. The van der Waals surface area contributed by atoms with E-state index in [4.69, 9.17) is 27.9 Å². The van der Waals surface area contributed by atoms with E-state index in [1.807, 2.05) is 12.1 Å². The van der Waals surface area contributed by atoms with Gasteiger partial charge in [-0.3, -0.25) is 4.79 Å². The minimum Gasteiger partial charge on any atom is -0.378 e. The molecule has 0 bridgehead atoms. The molecular formula is C12H15Cl3N2O2. The number of anilines is 2. The van der Waals surface area contributed by atoms with E-state index >= 15 is 0 Å². The van der Waals surface area contributed by atoms with Gasteiger partial charge in [-0.2, -0.15) is 0 Å². The molecule has 1 aliphatic rings. The summed E-state index contributed by atoms with van der Waals surface area (Å²) >= 11 is 11.7. The topological polar surface area (TPSA) is 41.6 Å². The molecule has 0 saturated carbocycles. The van der Waals surface area contributed by atoms with Crippen LogP contribution in [0.25, 0.3) is 0 Å². The van der Waals surface area contributed by atoms with E-state index in [0.29, 0.717) is 23.9 Å². The van der Waals surface area contributed by atoms with Crippen molar-refractivity contribution in [3.8, 4) is 0 Å². The average Bonchev–Trinajstić information content (AvgIpc) is 2.40. The van der Waals surface area contributed by atoms with Crippen molar-refractivity contribution in [3.63, 3.8) is 0 Å². The zero-order valence-electron chi connectivity index (χ0n) is 10.2. The first kappa shape index (κ1) is 16.4. The first-order chi connectivity index (χ1) is 8.70. The van der Waals surface area contributed by atoms with Gasteiger partial charge in [0.25, 0.3) is 0 Å². The van der Waals surface area contributed by atoms with E-state index in [2.05, 4.69) is 10.2 Å². The number of halogens is 3. The van der Waals surface area contributed by atoms with Crippen molar-refractivity contribution in [3.05, 3.63) is 23.2 Å². The molecule has 1 aromatic carbocycles. The van der Waals surface area contributed by atoms with Crippen LogP contribution >= 0.6 is 35.6 Å². The van der Waals surface area contributed by atoms with Gasteiger partial charge in [-0.25, -0.2) is 0 Å². The van der Waals surface area contributed by atoms with E-state index in [1.165, 1.54) is 0 Å². The summed E-state index contributed by atoms with van der Waals surface area (Å²) < 4.78 is 5.30. The number of amides is 1. The minimum absolute atomic E-state index is 0. The number of benzene rings is 1. The molecule has 0 radical (unpaired) electrons. The lowest BCUT2D eigenvalue weighted by molar-refractivity contribution is -0.113. The molecule has 4 nitrogen and oxygen atoms in total. The molecule has 1 aliphatic heterocycles. The number of hydrogen-bond donors (Lipinski definition) is 1. The fourth-order valence-electron chi connectivity index (χ4n) is 1.84. The number of nitrogens with zero attached hydrogens (tertiary/aromatic N) is 1. The molecule has 1 amide bonds. The zero-order chi connectivity index (χ0) is 13.0. The maximum atomic E-state index is 11.2.